The molecule has 0 unspecified atom stereocenters. The topological polar surface area (TPSA) is 46.2 Å². The van der Waals surface area contributed by atoms with Gasteiger partial charge in [-0.15, -0.1) is 11.3 Å². The van der Waals surface area contributed by atoms with E-state index in [1.165, 1.54) is 11.3 Å². The molecule has 0 spiro atoms. The molecule has 0 fully saturated rings. The second-order valence-corrected chi connectivity index (χ2v) is 7.39. The number of rotatable bonds is 5. The molecule has 0 aliphatic carbocycles. The Bertz CT molecular complexity index is 431. The lowest BCUT2D eigenvalue weighted by molar-refractivity contribution is 0.0956. The Morgan fingerprint density at radius 2 is 2.29 bits per heavy atom. The van der Waals surface area contributed by atoms with E-state index >= 15 is 0 Å². The third-order valence-electron chi connectivity index (χ3n) is 2.51. The van der Waals surface area contributed by atoms with Gasteiger partial charge in [-0.3, -0.25) is 9.00 Å². The number of nitrogens with one attached hydrogen (secondary N) is 1. The van der Waals surface area contributed by atoms with Gasteiger partial charge in [-0.1, -0.05) is 6.92 Å². The molecule has 0 aliphatic rings. The van der Waals surface area contributed by atoms with Gasteiger partial charge in [0.05, 0.1) is 0 Å². The van der Waals surface area contributed by atoms with Crippen molar-refractivity contribution >= 4 is 44.0 Å². The molecule has 1 aromatic rings. The monoisotopic (exact) mass is 337 g/mol. The van der Waals surface area contributed by atoms with Gasteiger partial charge in [-0.05, 0) is 40.2 Å². The quantitative estimate of drug-likeness (QED) is 0.897. The third-order valence-corrected chi connectivity index (χ3v) is 6.26. The Hall–Kier alpha value is -0.200. The molecule has 0 saturated heterocycles. The number of thiophene rings is 1. The van der Waals surface area contributed by atoms with E-state index in [1.54, 1.807) is 6.26 Å². The first-order valence-corrected chi connectivity index (χ1v) is 8.57. The van der Waals surface area contributed by atoms with Crippen LogP contribution in [0.2, 0.25) is 0 Å². The maximum Gasteiger partial charge on any atom is 0.262 e. The fourth-order valence-electron chi connectivity index (χ4n) is 1.22. The van der Waals surface area contributed by atoms with E-state index in [0.29, 0.717) is 11.4 Å². The number of hydrogen-bond acceptors (Lipinski definition) is 3. The lowest BCUT2D eigenvalue weighted by Gasteiger charge is -2.08. The van der Waals surface area contributed by atoms with E-state index in [2.05, 4.69) is 21.2 Å². The highest BCUT2D eigenvalue weighted by Crippen LogP contribution is 2.27. The molecule has 0 radical (unpaired) electrons. The van der Waals surface area contributed by atoms with Crippen LogP contribution in [0.4, 0.5) is 0 Å². The molecule has 1 N–H and O–H groups in total. The first kappa shape index (κ1) is 14.9. The number of carbonyl (C=O) groups is 1. The molecule has 1 heterocycles. The van der Waals surface area contributed by atoms with Gasteiger partial charge >= 0.3 is 0 Å². The van der Waals surface area contributed by atoms with Crippen LogP contribution < -0.4 is 5.32 Å². The van der Waals surface area contributed by atoms with E-state index in [-0.39, 0.29) is 11.2 Å². The van der Waals surface area contributed by atoms with E-state index in [4.69, 9.17) is 0 Å². The van der Waals surface area contributed by atoms with Crippen LogP contribution in [0.3, 0.4) is 0 Å². The van der Waals surface area contributed by atoms with Crippen molar-refractivity contribution in [2.75, 3.05) is 12.8 Å². The molecule has 0 saturated carbocycles. The van der Waals surface area contributed by atoms with E-state index < -0.39 is 10.8 Å². The molecule has 3 nitrogen and oxygen atoms in total. The van der Waals surface area contributed by atoms with Crippen LogP contribution in [0.15, 0.2) is 9.85 Å². The normalized spacial score (nSPS) is 14.4. The zero-order valence-corrected chi connectivity index (χ0v) is 13.3. The summed E-state index contributed by atoms with van der Waals surface area (Å²) in [6, 6.07) is 0. The minimum atomic E-state index is -0.828. The predicted molar refractivity (Wildman–Crippen MR) is 77.2 cm³/mol. The molecule has 17 heavy (non-hydrogen) atoms. The second kappa shape index (κ2) is 6.66. The highest BCUT2D eigenvalue weighted by Gasteiger charge is 2.14. The van der Waals surface area contributed by atoms with Gasteiger partial charge in [0.15, 0.2) is 0 Å². The van der Waals surface area contributed by atoms with Crippen LogP contribution in [0.1, 0.15) is 28.6 Å². The molecule has 0 aromatic carbocycles. The average molecular weight is 338 g/mol. The Balaban J connectivity index is 2.46. The summed E-state index contributed by atoms with van der Waals surface area (Å²) in [5.41, 5.74) is 1.07. The van der Waals surface area contributed by atoms with Crippen LogP contribution in [0.5, 0.6) is 0 Å². The van der Waals surface area contributed by atoms with Gasteiger partial charge < -0.3 is 5.32 Å². The molecule has 1 rings (SSSR count). The maximum atomic E-state index is 11.8. The molecular weight excluding hydrogens is 322 g/mol. The minimum Gasteiger partial charge on any atom is -0.351 e. The highest BCUT2D eigenvalue weighted by molar-refractivity contribution is 9.10. The Kier molecular flexibility index (Phi) is 5.82. The van der Waals surface area contributed by atoms with Crippen molar-refractivity contribution in [3.8, 4) is 0 Å². The summed E-state index contributed by atoms with van der Waals surface area (Å²) in [4.78, 5) is 12.5. The summed E-state index contributed by atoms with van der Waals surface area (Å²) in [5, 5.41) is 4.91. The SMILES string of the molecule is Cc1csc(C(=O)NCC[C@@H](C)[S@](C)=O)c1Br. The molecule has 2 atom stereocenters. The largest absolute Gasteiger partial charge is 0.351 e. The standard InChI is InChI=1S/C11H16BrNO2S2/c1-7-6-16-10(9(7)12)11(14)13-5-4-8(2)17(3)15/h6,8H,4-5H2,1-3H3,(H,13,14)/t8-,17+/m1/s1. The van der Waals surface area contributed by atoms with Crippen molar-refractivity contribution in [3.63, 3.8) is 0 Å². The molecule has 0 bridgehead atoms. The van der Waals surface area contributed by atoms with Crippen molar-refractivity contribution in [2.24, 2.45) is 0 Å². The summed E-state index contributed by atoms with van der Waals surface area (Å²) in [7, 11) is -0.828. The Morgan fingerprint density at radius 3 is 2.76 bits per heavy atom. The lowest BCUT2D eigenvalue weighted by atomic mass is 10.3. The van der Waals surface area contributed by atoms with Crippen molar-refractivity contribution in [2.45, 2.75) is 25.5 Å². The third kappa shape index (κ3) is 4.19. The molecular formula is C11H16BrNO2S2. The fourth-order valence-corrected chi connectivity index (χ4v) is 3.25. The predicted octanol–water partition coefficient (Wildman–Crippen LogP) is 2.71. The maximum absolute atomic E-state index is 11.8. The number of amides is 1. The number of carbonyl (C=O) groups excluding carboxylic acids is 1. The first-order valence-electron chi connectivity index (χ1n) is 5.27. The molecule has 96 valence electrons. The summed E-state index contributed by atoms with van der Waals surface area (Å²) in [6.07, 6.45) is 2.42. The molecule has 1 amide bonds. The number of hydrogen-bond donors (Lipinski definition) is 1. The fraction of sp³-hybridized carbons (Fsp3) is 0.545. The van der Waals surface area contributed by atoms with Crippen molar-refractivity contribution in [1.82, 2.24) is 5.32 Å². The van der Waals surface area contributed by atoms with Crippen LogP contribution >= 0.6 is 27.3 Å². The Morgan fingerprint density at radius 1 is 1.65 bits per heavy atom. The average Bonchev–Trinajstić information content (AvgIpc) is 2.59. The summed E-state index contributed by atoms with van der Waals surface area (Å²) in [6.45, 7) is 4.44. The van der Waals surface area contributed by atoms with Crippen molar-refractivity contribution in [1.29, 1.82) is 0 Å². The van der Waals surface area contributed by atoms with Gasteiger partial charge in [0.1, 0.15) is 4.88 Å². The van der Waals surface area contributed by atoms with Gasteiger partial charge in [-0.2, -0.15) is 0 Å². The van der Waals surface area contributed by atoms with Crippen molar-refractivity contribution in [3.05, 3.63) is 20.3 Å². The number of halogens is 1. The van der Waals surface area contributed by atoms with Gasteiger partial charge in [0.2, 0.25) is 0 Å². The van der Waals surface area contributed by atoms with Crippen LogP contribution in [0.25, 0.3) is 0 Å². The van der Waals surface area contributed by atoms with Crippen LogP contribution in [-0.4, -0.2) is 28.2 Å². The minimum absolute atomic E-state index is 0.0657. The summed E-state index contributed by atoms with van der Waals surface area (Å²) < 4.78 is 12.0. The van der Waals surface area contributed by atoms with Crippen LogP contribution in [0, 0.1) is 6.92 Å². The molecule has 0 aliphatic heterocycles. The van der Waals surface area contributed by atoms with Crippen molar-refractivity contribution < 1.29 is 9.00 Å². The van der Waals surface area contributed by atoms with E-state index in [1.807, 2.05) is 19.2 Å². The zero-order chi connectivity index (χ0) is 13.0. The van der Waals surface area contributed by atoms with E-state index in [9.17, 15) is 9.00 Å². The summed E-state index contributed by atoms with van der Waals surface area (Å²) in [5.74, 6) is -0.0657. The molecule has 1 aromatic heterocycles. The summed E-state index contributed by atoms with van der Waals surface area (Å²) >= 11 is 4.83. The zero-order valence-electron chi connectivity index (χ0n) is 10.1. The smallest absolute Gasteiger partial charge is 0.262 e. The lowest BCUT2D eigenvalue weighted by Crippen LogP contribution is -2.27. The molecule has 6 heteroatoms. The van der Waals surface area contributed by atoms with Gasteiger partial charge in [-0.25, -0.2) is 0 Å². The van der Waals surface area contributed by atoms with E-state index in [0.717, 1.165) is 16.5 Å². The highest BCUT2D eigenvalue weighted by atomic mass is 79.9. The van der Waals surface area contributed by atoms with Crippen LogP contribution in [-0.2, 0) is 10.8 Å². The number of aryl methyl sites for hydroxylation is 1. The second-order valence-electron chi connectivity index (χ2n) is 3.92. The first-order chi connectivity index (χ1) is 7.93. The van der Waals surface area contributed by atoms with Gasteiger partial charge in [0, 0.05) is 33.3 Å². The Labute approximate surface area is 117 Å². The van der Waals surface area contributed by atoms with Gasteiger partial charge in [0.25, 0.3) is 5.91 Å².